The molecule has 3 nitrogen and oxygen atoms in total. The van der Waals surface area contributed by atoms with E-state index < -0.39 is 0 Å². The van der Waals surface area contributed by atoms with Gasteiger partial charge in [0.2, 0.25) is 0 Å². The second-order valence-corrected chi connectivity index (χ2v) is 4.56. The molecule has 1 unspecified atom stereocenters. The Labute approximate surface area is 103 Å². The summed E-state index contributed by atoms with van der Waals surface area (Å²) in [5.41, 5.74) is 0. The molecule has 1 aromatic carbocycles. The Morgan fingerprint density at radius 3 is 2.47 bits per heavy atom. The molecule has 1 N–H and O–H groups in total. The highest BCUT2D eigenvalue weighted by molar-refractivity contribution is 5.39. The maximum atomic E-state index is 6.02. The van der Waals surface area contributed by atoms with Crippen LogP contribution in [0.2, 0.25) is 0 Å². The molecular formula is C14H21NO2. The van der Waals surface area contributed by atoms with Gasteiger partial charge in [0.05, 0.1) is 13.2 Å². The fourth-order valence-electron chi connectivity index (χ4n) is 2.33. The summed E-state index contributed by atoms with van der Waals surface area (Å²) < 4.78 is 11.3. The lowest BCUT2D eigenvalue weighted by Crippen LogP contribution is -2.35. The zero-order chi connectivity index (χ0) is 12.1. The topological polar surface area (TPSA) is 30.5 Å². The van der Waals surface area contributed by atoms with Crippen LogP contribution < -0.4 is 14.8 Å². The average Bonchev–Trinajstić information content (AvgIpc) is 2.40. The molecule has 1 aromatic rings. The minimum atomic E-state index is 0.244. The van der Waals surface area contributed by atoms with Gasteiger partial charge in [-0.15, -0.1) is 0 Å². The van der Waals surface area contributed by atoms with E-state index >= 15 is 0 Å². The Morgan fingerprint density at radius 1 is 1.18 bits per heavy atom. The fraction of sp³-hybridized carbons (Fsp3) is 0.571. The van der Waals surface area contributed by atoms with Crippen molar-refractivity contribution in [1.29, 1.82) is 0 Å². The highest BCUT2D eigenvalue weighted by Gasteiger charge is 2.21. The maximum Gasteiger partial charge on any atom is 0.161 e. The Bertz CT molecular complexity index is 348. The molecule has 17 heavy (non-hydrogen) atoms. The number of methoxy groups -OCH3 is 1. The minimum Gasteiger partial charge on any atom is -0.493 e. The number of hydrogen-bond acceptors (Lipinski definition) is 3. The smallest absolute Gasteiger partial charge is 0.161 e. The Hall–Kier alpha value is -1.22. The normalized spacial score (nSPS) is 18.7. The summed E-state index contributed by atoms with van der Waals surface area (Å²) in [6.07, 6.45) is 2.63. The van der Waals surface area contributed by atoms with Crippen LogP contribution in [-0.2, 0) is 0 Å². The molecular weight excluding hydrogens is 214 g/mol. The first kappa shape index (κ1) is 12.2. The molecule has 0 bridgehead atoms. The van der Waals surface area contributed by atoms with Crippen LogP contribution in [0.4, 0.5) is 0 Å². The predicted octanol–water partition coefficient (Wildman–Crippen LogP) is 2.46. The number of nitrogens with one attached hydrogen (secondary N) is 1. The van der Waals surface area contributed by atoms with Crippen molar-refractivity contribution in [3.63, 3.8) is 0 Å². The average molecular weight is 235 g/mol. The van der Waals surface area contributed by atoms with Gasteiger partial charge >= 0.3 is 0 Å². The fourth-order valence-corrected chi connectivity index (χ4v) is 2.33. The minimum absolute atomic E-state index is 0.244. The molecule has 1 atom stereocenters. The van der Waals surface area contributed by atoms with Crippen molar-refractivity contribution in [2.75, 3.05) is 20.2 Å². The molecule has 3 heteroatoms. The van der Waals surface area contributed by atoms with E-state index in [4.69, 9.17) is 9.47 Å². The van der Waals surface area contributed by atoms with E-state index in [0.29, 0.717) is 5.92 Å². The standard InChI is InChI=1S/C14H21NO2/c1-11(12-7-9-15-10-8-12)17-14-6-4-3-5-13(14)16-2/h3-6,11-12,15H,7-10H2,1-2H3. The van der Waals surface area contributed by atoms with Crippen LogP contribution in [0.5, 0.6) is 11.5 Å². The van der Waals surface area contributed by atoms with Crippen molar-refractivity contribution in [2.24, 2.45) is 5.92 Å². The van der Waals surface area contributed by atoms with Crippen molar-refractivity contribution in [3.05, 3.63) is 24.3 Å². The number of benzene rings is 1. The van der Waals surface area contributed by atoms with Crippen LogP contribution in [-0.4, -0.2) is 26.3 Å². The van der Waals surface area contributed by atoms with E-state index in [-0.39, 0.29) is 6.10 Å². The SMILES string of the molecule is COc1ccccc1OC(C)C1CCNCC1. The zero-order valence-corrected chi connectivity index (χ0v) is 10.6. The van der Waals surface area contributed by atoms with Crippen LogP contribution in [0.3, 0.4) is 0 Å². The molecule has 1 aliphatic heterocycles. The summed E-state index contributed by atoms with van der Waals surface area (Å²) in [4.78, 5) is 0. The van der Waals surface area contributed by atoms with Gasteiger partial charge < -0.3 is 14.8 Å². The van der Waals surface area contributed by atoms with Crippen LogP contribution in [0, 0.1) is 5.92 Å². The third-order valence-electron chi connectivity index (χ3n) is 3.43. The second-order valence-electron chi connectivity index (χ2n) is 4.56. The van der Waals surface area contributed by atoms with Crippen LogP contribution >= 0.6 is 0 Å². The lowest BCUT2D eigenvalue weighted by atomic mass is 9.93. The number of hydrogen-bond donors (Lipinski definition) is 1. The first-order valence-electron chi connectivity index (χ1n) is 6.31. The molecule has 0 amide bonds. The predicted molar refractivity (Wildman–Crippen MR) is 68.7 cm³/mol. The summed E-state index contributed by atoms with van der Waals surface area (Å²) in [6, 6.07) is 7.84. The van der Waals surface area contributed by atoms with Gasteiger partial charge in [0.25, 0.3) is 0 Å². The van der Waals surface area contributed by atoms with Gasteiger partial charge in [0.1, 0.15) is 0 Å². The summed E-state index contributed by atoms with van der Waals surface area (Å²) in [5.74, 6) is 2.30. The summed E-state index contributed by atoms with van der Waals surface area (Å²) in [6.45, 7) is 4.36. The first-order chi connectivity index (χ1) is 8.31. The lowest BCUT2D eigenvalue weighted by molar-refractivity contribution is 0.124. The van der Waals surface area contributed by atoms with Crippen molar-refractivity contribution in [1.82, 2.24) is 5.32 Å². The van der Waals surface area contributed by atoms with Gasteiger partial charge in [-0.2, -0.15) is 0 Å². The molecule has 1 saturated heterocycles. The highest BCUT2D eigenvalue weighted by atomic mass is 16.5. The molecule has 0 radical (unpaired) electrons. The van der Waals surface area contributed by atoms with Crippen molar-refractivity contribution in [3.8, 4) is 11.5 Å². The van der Waals surface area contributed by atoms with Crippen molar-refractivity contribution < 1.29 is 9.47 Å². The van der Waals surface area contributed by atoms with Gasteiger partial charge in [0.15, 0.2) is 11.5 Å². The number of rotatable bonds is 4. The third kappa shape index (κ3) is 3.13. The maximum absolute atomic E-state index is 6.02. The Balaban J connectivity index is 1.99. The van der Waals surface area contributed by atoms with Crippen molar-refractivity contribution >= 4 is 0 Å². The molecule has 1 aliphatic rings. The van der Waals surface area contributed by atoms with Crippen LogP contribution in [0.15, 0.2) is 24.3 Å². The van der Waals surface area contributed by atoms with Gasteiger partial charge in [-0.3, -0.25) is 0 Å². The molecule has 0 aromatic heterocycles. The number of piperidine rings is 1. The monoisotopic (exact) mass is 235 g/mol. The van der Waals surface area contributed by atoms with Gasteiger partial charge in [-0.05, 0) is 50.9 Å². The number of ether oxygens (including phenoxy) is 2. The quantitative estimate of drug-likeness (QED) is 0.869. The van der Waals surface area contributed by atoms with Crippen LogP contribution in [0.1, 0.15) is 19.8 Å². The molecule has 0 spiro atoms. The highest BCUT2D eigenvalue weighted by Crippen LogP contribution is 2.29. The summed E-state index contributed by atoms with van der Waals surface area (Å²) in [5, 5.41) is 3.38. The Morgan fingerprint density at radius 2 is 1.82 bits per heavy atom. The van der Waals surface area contributed by atoms with Crippen molar-refractivity contribution in [2.45, 2.75) is 25.9 Å². The first-order valence-corrected chi connectivity index (χ1v) is 6.31. The molecule has 0 aliphatic carbocycles. The third-order valence-corrected chi connectivity index (χ3v) is 3.43. The summed E-state index contributed by atoms with van der Waals surface area (Å²) in [7, 11) is 1.68. The zero-order valence-electron chi connectivity index (χ0n) is 10.6. The largest absolute Gasteiger partial charge is 0.493 e. The molecule has 1 heterocycles. The molecule has 0 saturated carbocycles. The van der Waals surface area contributed by atoms with E-state index in [1.165, 1.54) is 12.8 Å². The number of para-hydroxylation sites is 2. The summed E-state index contributed by atoms with van der Waals surface area (Å²) >= 11 is 0. The Kier molecular flexibility index (Phi) is 4.26. The van der Waals surface area contributed by atoms with Crippen LogP contribution in [0.25, 0.3) is 0 Å². The van der Waals surface area contributed by atoms with E-state index in [9.17, 15) is 0 Å². The van der Waals surface area contributed by atoms with E-state index in [0.717, 1.165) is 24.6 Å². The van der Waals surface area contributed by atoms with Gasteiger partial charge in [0, 0.05) is 0 Å². The molecule has 2 rings (SSSR count). The van der Waals surface area contributed by atoms with E-state index in [1.807, 2.05) is 24.3 Å². The van der Waals surface area contributed by atoms with E-state index in [1.54, 1.807) is 7.11 Å². The second kappa shape index (κ2) is 5.92. The van der Waals surface area contributed by atoms with E-state index in [2.05, 4.69) is 12.2 Å². The molecule has 94 valence electrons. The lowest BCUT2D eigenvalue weighted by Gasteiger charge is -2.29. The van der Waals surface area contributed by atoms with Gasteiger partial charge in [-0.1, -0.05) is 12.1 Å². The van der Waals surface area contributed by atoms with Gasteiger partial charge in [-0.25, -0.2) is 0 Å². The molecule has 1 fully saturated rings.